The molecule has 0 unspecified atom stereocenters. The van der Waals surface area contributed by atoms with Crippen LogP contribution in [0.3, 0.4) is 0 Å². The Morgan fingerprint density at radius 2 is 1.74 bits per heavy atom. The summed E-state index contributed by atoms with van der Waals surface area (Å²) in [5.41, 5.74) is 1.95. The van der Waals surface area contributed by atoms with Crippen molar-refractivity contribution in [3.63, 3.8) is 0 Å². The predicted octanol–water partition coefficient (Wildman–Crippen LogP) is 3.62. The Labute approximate surface area is 138 Å². The molecule has 3 rings (SSSR count). The second-order valence-corrected chi connectivity index (χ2v) is 6.14. The van der Waals surface area contributed by atoms with Crippen molar-refractivity contribution in [3.8, 4) is 18.2 Å². The van der Waals surface area contributed by atoms with Gasteiger partial charge < -0.3 is 5.32 Å². The number of thiophene rings is 1. The van der Waals surface area contributed by atoms with Gasteiger partial charge in [0.1, 0.15) is 0 Å². The summed E-state index contributed by atoms with van der Waals surface area (Å²) >= 11 is 1.58. The fraction of sp³-hybridized carbons (Fsp3) is 0.167. The first-order chi connectivity index (χ1) is 11.3. The summed E-state index contributed by atoms with van der Waals surface area (Å²) in [5, 5.41) is 33.3. The van der Waals surface area contributed by atoms with Gasteiger partial charge in [0, 0.05) is 4.88 Å². The van der Waals surface area contributed by atoms with Gasteiger partial charge in [-0.1, -0.05) is 36.4 Å². The van der Waals surface area contributed by atoms with Gasteiger partial charge in [0.05, 0.1) is 41.4 Å². The molecular weight excluding hydrogens is 304 g/mol. The quantitative estimate of drug-likeness (QED) is 0.937. The summed E-state index contributed by atoms with van der Waals surface area (Å²) in [6.45, 7) is 0. The van der Waals surface area contributed by atoms with Crippen molar-refractivity contribution in [2.24, 2.45) is 5.92 Å². The lowest BCUT2D eigenvalue weighted by molar-refractivity contribution is 0.583. The minimum Gasteiger partial charge on any atom is -0.378 e. The predicted molar refractivity (Wildman–Crippen MR) is 86.7 cm³/mol. The van der Waals surface area contributed by atoms with Crippen molar-refractivity contribution in [1.29, 1.82) is 15.8 Å². The average molecular weight is 316 g/mol. The molecular formula is C18H12N4S. The Hall–Kier alpha value is -3.07. The maximum atomic E-state index is 9.65. The number of hydrogen-bond donors (Lipinski definition) is 1. The monoisotopic (exact) mass is 316 g/mol. The molecule has 0 bridgehead atoms. The second-order valence-electron chi connectivity index (χ2n) is 5.16. The van der Waals surface area contributed by atoms with E-state index in [0.29, 0.717) is 11.3 Å². The molecule has 1 aromatic heterocycles. The van der Waals surface area contributed by atoms with Crippen LogP contribution in [0, 0.1) is 39.9 Å². The largest absolute Gasteiger partial charge is 0.378 e. The van der Waals surface area contributed by atoms with E-state index in [1.807, 2.05) is 60.0 Å². The molecule has 2 aromatic rings. The molecule has 23 heavy (non-hydrogen) atoms. The van der Waals surface area contributed by atoms with Crippen molar-refractivity contribution in [2.75, 3.05) is 0 Å². The summed E-state index contributed by atoms with van der Waals surface area (Å²) in [4.78, 5) is 1.05. The zero-order valence-electron chi connectivity index (χ0n) is 12.1. The summed E-state index contributed by atoms with van der Waals surface area (Å²) in [6.07, 6.45) is 0. The van der Waals surface area contributed by atoms with Crippen molar-refractivity contribution in [2.45, 2.75) is 12.0 Å². The Bertz CT molecular complexity index is 833. The number of rotatable bonds is 3. The third-order valence-corrected chi connectivity index (χ3v) is 4.88. The average Bonchev–Trinajstić information content (AvgIpc) is 3.24. The molecule has 2 atom stereocenters. The molecule has 0 saturated carbocycles. The summed E-state index contributed by atoms with van der Waals surface area (Å²) in [5.74, 6) is -1.14. The molecule has 4 nitrogen and oxygen atoms in total. The van der Waals surface area contributed by atoms with Crippen molar-refractivity contribution in [3.05, 3.63) is 69.6 Å². The highest BCUT2D eigenvalue weighted by molar-refractivity contribution is 7.10. The van der Waals surface area contributed by atoms with Crippen molar-refractivity contribution in [1.82, 2.24) is 5.32 Å². The van der Waals surface area contributed by atoms with Crippen LogP contribution in [-0.2, 0) is 0 Å². The lowest BCUT2D eigenvalue weighted by Gasteiger charge is -2.20. The molecule has 0 amide bonds. The zero-order valence-corrected chi connectivity index (χ0v) is 12.9. The van der Waals surface area contributed by atoms with Gasteiger partial charge in [0.15, 0.2) is 5.92 Å². The van der Waals surface area contributed by atoms with Gasteiger partial charge in [0.2, 0.25) is 0 Å². The highest BCUT2D eigenvalue weighted by Gasteiger charge is 2.40. The standard InChI is InChI=1S/C18H12N4S/c19-9-13(10-20)17-14(11-21)16(15-7-4-8-23-15)18(22-17)12-5-2-1-3-6-12/h1-8,13,16,18,22H/t16-,18+/m1/s1. The number of allylic oxidation sites excluding steroid dienone is 1. The van der Waals surface area contributed by atoms with Crippen LogP contribution in [0.4, 0.5) is 0 Å². The van der Waals surface area contributed by atoms with E-state index in [4.69, 9.17) is 0 Å². The van der Waals surface area contributed by atoms with E-state index in [-0.39, 0.29) is 12.0 Å². The van der Waals surface area contributed by atoms with Crippen LogP contribution < -0.4 is 5.32 Å². The highest BCUT2D eigenvalue weighted by Crippen LogP contribution is 2.45. The molecule has 5 heteroatoms. The number of nitriles is 3. The molecule has 1 N–H and O–H groups in total. The first kappa shape index (κ1) is 14.9. The zero-order chi connectivity index (χ0) is 16.2. The molecule has 110 valence electrons. The van der Waals surface area contributed by atoms with Gasteiger partial charge >= 0.3 is 0 Å². The smallest absolute Gasteiger partial charge is 0.173 e. The van der Waals surface area contributed by atoms with Crippen LogP contribution in [0.1, 0.15) is 22.4 Å². The van der Waals surface area contributed by atoms with Gasteiger partial charge in [0.25, 0.3) is 0 Å². The molecule has 0 saturated heterocycles. The van der Waals surface area contributed by atoms with Crippen LogP contribution in [0.15, 0.2) is 59.1 Å². The van der Waals surface area contributed by atoms with Crippen molar-refractivity contribution >= 4 is 11.3 Å². The first-order valence-electron chi connectivity index (χ1n) is 7.08. The Morgan fingerprint density at radius 3 is 2.30 bits per heavy atom. The van der Waals surface area contributed by atoms with Crippen LogP contribution in [0.5, 0.6) is 0 Å². The minimum absolute atomic E-state index is 0.149. The lowest BCUT2D eigenvalue weighted by Crippen LogP contribution is -2.21. The number of nitrogens with one attached hydrogen (secondary N) is 1. The Kier molecular flexibility index (Phi) is 4.11. The SMILES string of the molecule is N#CC1=C(C(C#N)C#N)N[C@@H](c2ccccc2)[C@H]1c1cccs1. The van der Waals surface area contributed by atoms with E-state index < -0.39 is 5.92 Å². The molecule has 0 fully saturated rings. The molecule has 1 aliphatic heterocycles. The third kappa shape index (κ3) is 2.57. The number of hydrogen-bond acceptors (Lipinski definition) is 5. The second kappa shape index (κ2) is 6.36. The van der Waals surface area contributed by atoms with E-state index in [2.05, 4.69) is 11.4 Å². The third-order valence-electron chi connectivity index (χ3n) is 3.92. The minimum atomic E-state index is -0.958. The van der Waals surface area contributed by atoms with Crippen molar-refractivity contribution < 1.29 is 0 Å². The molecule has 0 aliphatic carbocycles. The molecule has 0 radical (unpaired) electrons. The first-order valence-corrected chi connectivity index (χ1v) is 7.96. The topological polar surface area (TPSA) is 83.4 Å². The van der Waals surface area contributed by atoms with Crippen LogP contribution in [0.25, 0.3) is 0 Å². The van der Waals surface area contributed by atoms with E-state index in [1.54, 1.807) is 11.3 Å². The fourth-order valence-electron chi connectivity index (χ4n) is 2.90. The van der Waals surface area contributed by atoms with Crippen LogP contribution >= 0.6 is 11.3 Å². The normalized spacial score (nSPS) is 19.7. The summed E-state index contributed by atoms with van der Waals surface area (Å²) in [7, 11) is 0. The summed E-state index contributed by atoms with van der Waals surface area (Å²) in [6, 6.07) is 19.7. The van der Waals surface area contributed by atoms with Gasteiger partial charge in [-0.25, -0.2) is 0 Å². The highest BCUT2D eigenvalue weighted by atomic mass is 32.1. The summed E-state index contributed by atoms with van der Waals surface area (Å²) < 4.78 is 0. The number of nitrogens with zero attached hydrogens (tertiary/aromatic N) is 3. The Balaban J connectivity index is 2.13. The molecule has 1 aromatic carbocycles. The molecule has 0 spiro atoms. The molecule has 1 aliphatic rings. The van der Waals surface area contributed by atoms with E-state index in [0.717, 1.165) is 10.4 Å². The maximum absolute atomic E-state index is 9.65. The van der Waals surface area contributed by atoms with E-state index in [9.17, 15) is 15.8 Å². The van der Waals surface area contributed by atoms with Crippen LogP contribution in [-0.4, -0.2) is 0 Å². The van der Waals surface area contributed by atoms with Gasteiger partial charge in [-0.3, -0.25) is 0 Å². The maximum Gasteiger partial charge on any atom is 0.173 e. The number of benzene rings is 1. The lowest BCUT2D eigenvalue weighted by atomic mass is 9.88. The van der Waals surface area contributed by atoms with Gasteiger partial charge in [-0.05, 0) is 17.0 Å². The van der Waals surface area contributed by atoms with Gasteiger partial charge in [-0.2, -0.15) is 15.8 Å². The van der Waals surface area contributed by atoms with E-state index in [1.165, 1.54) is 0 Å². The fourth-order valence-corrected chi connectivity index (χ4v) is 3.77. The van der Waals surface area contributed by atoms with Gasteiger partial charge in [-0.15, -0.1) is 11.3 Å². The Morgan fingerprint density at radius 1 is 1.00 bits per heavy atom. The van der Waals surface area contributed by atoms with Crippen LogP contribution in [0.2, 0.25) is 0 Å². The molecule has 2 heterocycles. The van der Waals surface area contributed by atoms with E-state index >= 15 is 0 Å².